The first-order valence-corrected chi connectivity index (χ1v) is 7.70. The van der Waals surface area contributed by atoms with Crippen LogP contribution in [0.5, 0.6) is 0 Å². The van der Waals surface area contributed by atoms with Gasteiger partial charge in [-0.1, -0.05) is 6.92 Å². The molecule has 5 heteroatoms. The summed E-state index contributed by atoms with van der Waals surface area (Å²) in [4.78, 5) is 14.6. The zero-order valence-corrected chi connectivity index (χ0v) is 13.6. The number of morpholine rings is 1. The Kier molecular flexibility index (Phi) is 6.92. The number of hydrogen-bond acceptors (Lipinski definition) is 5. The van der Waals surface area contributed by atoms with Gasteiger partial charge in [0.2, 0.25) is 0 Å². The van der Waals surface area contributed by atoms with Gasteiger partial charge in [0, 0.05) is 25.7 Å². The van der Waals surface area contributed by atoms with Gasteiger partial charge in [0.25, 0.3) is 0 Å². The minimum atomic E-state index is -0.667. The Morgan fingerprint density at radius 1 is 1.50 bits per heavy atom. The minimum absolute atomic E-state index is 0.173. The summed E-state index contributed by atoms with van der Waals surface area (Å²) in [5.74, 6) is -0.173. The highest BCUT2D eigenvalue weighted by Crippen LogP contribution is 2.15. The number of nitrogens with one attached hydrogen (secondary N) is 1. The highest BCUT2D eigenvalue weighted by atomic mass is 16.5. The molecule has 1 aliphatic rings. The molecule has 1 fully saturated rings. The van der Waals surface area contributed by atoms with Gasteiger partial charge in [-0.15, -0.1) is 0 Å². The van der Waals surface area contributed by atoms with Crippen molar-refractivity contribution in [2.45, 2.75) is 58.7 Å². The fraction of sp³-hybridized carbons (Fsp3) is 0.933. The second-order valence-electron chi connectivity index (χ2n) is 5.99. The van der Waals surface area contributed by atoms with Gasteiger partial charge in [-0.25, -0.2) is 0 Å². The molecule has 1 N–H and O–H groups in total. The highest BCUT2D eigenvalue weighted by molar-refractivity contribution is 5.80. The van der Waals surface area contributed by atoms with Gasteiger partial charge in [0.05, 0.1) is 19.3 Å². The van der Waals surface area contributed by atoms with Crippen molar-refractivity contribution in [3.8, 4) is 0 Å². The molecule has 0 aromatic heterocycles. The van der Waals surface area contributed by atoms with Gasteiger partial charge in [-0.3, -0.25) is 15.0 Å². The van der Waals surface area contributed by atoms with Crippen molar-refractivity contribution < 1.29 is 14.3 Å². The normalized spacial score (nSPS) is 23.6. The van der Waals surface area contributed by atoms with Gasteiger partial charge in [0.1, 0.15) is 5.54 Å². The lowest BCUT2D eigenvalue weighted by Crippen LogP contribution is -2.61. The molecule has 0 aromatic carbocycles. The summed E-state index contributed by atoms with van der Waals surface area (Å²) in [6.07, 6.45) is 1.28. The van der Waals surface area contributed by atoms with E-state index in [0.717, 1.165) is 26.1 Å². The SMILES string of the molecule is CCOC(=O)C(C)(CN1CCOC(CC)C1)NC(C)C. The maximum atomic E-state index is 12.3. The Balaban J connectivity index is 2.70. The fourth-order valence-corrected chi connectivity index (χ4v) is 2.71. The number of ether oxygens (including phenoxy) is 2. The monoisotopic (exact) mass is 286 g/mol. The van der Waals surface area contributed by atoms with E-state index in [0.29, 0.717) is 13.2 Å². The summed E-state index contributed by atoms with van der Waals surface area (Å²) >= 11 is 0. The predicted molar refractivity (Wildman–Crippen MR) is 79.8 cm³/mol. The molecule has 0 aliphatic carbocycles. The van der Waals surface area contributed by atoms with Crippen molar-refractivity contribution in [3.05, 3.63) is 0 Å². The number of rotatable bonds is 7. The summed E-state index contributed by atoms with van der Waals surface area (Å²) in [5.41, 5.74) is -0.667. The molecule has 1 heterocycles. The maximum absolute atomic E-state index is 12.3. The summed E-state index contributed by atoms with van der Waals surface area (Å²) in [7, 11) is 0. The molecule has 2 atom stereocenters. The van der Waals surface area contributed by atoms with E-state index in [1.54, 1.807) is 0 Å². The van der Waals surface area contributed by atoms with Gasteiger partial charge in [0.15, 0.2) is 0 Å². The molecule has 20 heavy (non-hydrogen) atoms. The third-order valence-corrected chi connectivity index (χ3v) is 3.55. The van der Waals surface area contributed by atoms with E-state index in [9.17, 15) is 4.79 Å². The number of esters is 1. The summed E-state index contributed by atoms with van der Waals surface area (Å²) in [6, 6.07) is 0.229. The first-order chi connectivity index (χ1) is 9.41. The van der Waals surface area contributed by atoms with E-state index >= 15 is 0 Å². The second-order valence-corrected chi connectivity index (χ2v) is 5.99. The molecule has 2 unspecified atom stereocenters. The topological polar surface area (TPSA) is 50.8 Å². The first kappa shape index (κ1) is 17.4. The third-order valence-electron chi connectivity index (χ3n) is 3.55. The van der Waals surface area contributed by atoms with Crippen LogP contribution in [0.1, 0.15) is 41.0 Å². The Morgan fingerprint density at radius 3 is 2.75 bits per heavy atom. The Hall–Kier alpha value is -0.650. The van der Waals surface area contributed by atoms with Crippen LogP contribution in [0.3, 0.4) is 0 Å². The molecule has 0 amide bonds. The largest absolute Gasteiger partial charge is 0.465 e. The maximum Gasteiger partial charge on any atom is 0.327 e. The lowest BCUT2D eigenvalue weighted by molar-refractivity contribution is -0.152. The van der Waals surface area contributed by atoms with Crippen LogP contribution in [-0.2, 0) is 14.3 Å². The fourth-order valence-electron chi connectivity index (χ4n) is 2.71. The average Bonchev–Trinajstić information content (AvgIpc) is 2.38. The number of nitrogens with zero attached hydrogens (tertiary/aromatic N) is 1. The van der Waals surface area contributed by atoms with Crippen LogP contribution in [0.4, 0.5) is 0 Å². The van der Waals surface area contributed by atoms with Crippen LogP contribution in [0.15, 0.2) is 0 Å². The average molecular weight is 286 g/mol. The summed E-state index contributed by atoms with van der Waals surface area (Å²) in [5, 5.41) is 3.36. The van der Waals surface area contributed by atoms with Crippen molar-refractivity contribution in [1.29, 1.82) is 0 Å². The zero-order chi connectivity index (χ0) is 15.2. The molecule has 0 bridgehead atoms. The van der Waals surface area contributed by atoms with E-state index in [1.165, 1.54) is 0 Å². The van der Waals surface area contributed by atoms with Crippen molar-refractivity contribution in [3.63, 3.8) is 0 Å². The minimum Gasteiger partial charge on any atom is -0.465 e. The van der Waals surface area contributed by atoms with E-state index in [2.05, 4.69) is 17.1 Å². The van der Waals surface area contributed by atoms with Gasteiger partial charge in [-0.05, 0) is 34.1 Å². The van der Waals surface area contributed by atoms with Crippen LogP contribution >= 0.6 is 0 Å². The predicted octanol–water partition coefficient (Wildman–Crippen LogP) is 1.42. The van der Waals surface area contributed by atoms with Gasteiger partial charge in [-0.2, -0.15) is 0 Å². The molecule has 5 nitrogen and oxygen atoms in total. The molecule has 1 saturated heterocycles. The molecule has 118 valence electrons. The number of carbonyl (C=O) groups is 1. The summed E-state index contributed by atoms with van der Waals surface area (Å²) < 4.78 is 10.9. The van der Waals surface area contributed by atoms with E-state index in [1.807, 2.05) is 27.7 Å². The lowest BCUT2D eigenvalue weighted by atomic mass is 9.99. The van der Waals surface area contributed by atoms with Gasteiger partial charge >= 0.3 is 5.97 Å². The number of carbonyl (C=O) groups excluding carboxylic acids is 1. The van der Waals surface area contributed by atoms with Crippen molar-refractivity contribution in [1.82, 2.24) is 10.2 Å². The molecule has 0 spiro atoms. The van der Waals surface area contributed by atoms with Crippen molar-refractivity contribution in [2.75, 3.05) is 32.8 Å². The van der Waals surface area contributed by atoms with Crippen LogP contribution in [0.25, 0.3) is 0 Å². The van der Waals surface area contributed by atoms with Crippen molar-refractivity contribution in [2.24, 2.45) is 0 Å². The molecular formula is C15H30N2O3. The van der Waals surface area contributed by atoms with Crippen molar-refractivity contribution >= 4 is 5.97 Å². The molecule has 1 rings (SSSR count). The smallest absolute Gasteiger partial charge is 0.327 e. The Bertz CT molecular complexity index is 309. The molecule has 0 radical (unpaired) electrons. The van der Waals surface area contributed by atoms with Gasteiger partial charge < -0.3 is 9.47 Å². The number of hydrogen-bond donors (Lipinski definition) is 1. The second kappa shape index (κ2) is 7.96. The van der Waals surface area contributed by atoms with Crippen LogP contribution in [0.2, 0.25) is 0 Å². The highest BCUT2D eigenvalue weighted by Gasteiger charge is 2.38. The quantitative estimate of drug-likeness (QED) is 0.717. The zero-order valence-electron chi connectivity index (χ0n) is 13.6. The summed E-state index contributed by atoms with van der Waals surface area (Å²) in [6.45, 7) is 13.5. The third kappa shape index (κ3) is 5.04. The Labute approximate surface area is 123 Å². The van der Waals surface area contributed by atoms with Crippen LogP contribution in [0, 0.1) is 0 Å². The molecule has 1 aliphatic heterocycles. The standard InChI is InChI=1S/C15H30N2O3/c1-6-13-10-17(8-9-20-13)11-15(5,16-12(3)4)14(18)19-7-2/h12-13,16H,6-11H2,1-5H3. The van der Waals surface area contributed by atoms with Crippen LogP contribution in [-0.4, -0.2) is 61.4 Å². The first-order valence-electron chi connectivity index (χ1n) is 7.70. The lowest BCUT2D eigenvalue weighted by Gasteiger charge is -2.39. The molecule has 0 aromatic rings. The molecule has 0 saturated carbocycles. The van der Waals surface area contributed by atoms with E-state index in [-0.39, 0.29) is 18.1 Å². The van der Waals surface area contributed by atoms with E-state index in [4.69, 9.17) is 9.47 Å². The van der Waals surface area contributed by atoms with E-state index < -0.39 is 5.54 Å². The molecular weight excluding hydrogens is 256 g/mol. The Morgan fingerprint density at radius 2 is 2.20 bits per heavy atom. The van der Waals surface area contributed by atoms with Crippen LogP contribution < -0.4 is 5.32 Å².